The van der Waals surface area contributed by atoms with Crippen LogP contribution in [0.4, 0.5) is 0 Å². The molecule has 0 spiro atoms. The zero-order chi connectivity index (χ0) is 7.68. The number of rotatable bonds is 1. The number of para-hydroxylation sites is 1. The minimum absolute atomic E-state index is 0.160. The highest BCUT2D eigenvalue weighted by Crippen LogP contribution is 2.40. The second-order valence-corrected chi connectivity index (χ2v) is 3.27. The minimum Gasteiger partial charge on any atom is -0.454 e. The molecule has 1 aliphatic heterocycles. The number of hydrogen-bond donors (Lipinski definition) is 0. The van der Waals surface area contributed by atoms with Gasteiger partial charge in [0.25, 0.3) is 5.62 Å². The van der Waals surface area contributed by atoms with Crippen molar-refractivity contribution in [1.82, 2.24) is 0 Å². The monoisotopic (exact) mass is 168 g/mol. The molecule has 0 radical (unpaired) electrons. The summed E-state index contributed by atoms with van der Waals surface area (Å²) in [6.45, 7) is 0. The Hall–Kier alpha value is -0.670. The SMILES string of the molecule is COC1Oc2ccccc2S1. The molecule has 11 heavy (non-hydrogen) atoms. The fraction of sp³-hybridized carbons (Fsp3) is 0.250. The van der Waals surface area contributed by atoms with Gasteiger partial charge >= 0.3 is 0 Å². The normalized spacial score (nSPS) is 21.0. The molecule has 2 nitrogen and oxygen atoms in total. The summed E-state index contributed by atoms with van der Waals surface area (Å²) in [5, 5.41) is 0. The van der Waals surface area contributed by atoms with Gasteiger partial charge in [-0.25, -0.2) is 0 Å². The Morgan fingerprint density at radius 3 is 3.00 bits per heavy atom. The van der Waals surface area contributed by atoms with Crippen molar-refractivity contribution in [3.8, 4) is 5.75 Å². The molecule has 0 saturated heterocycles. The van der Waals surface area contributed by atoms with Crippen LogP contribution in [-0.4, -0.2) is 12.7 Å². The van der Waals surface area contributed by atoms with Gasteiger partial charge in [-0.2, -0.15) is 0 Å². The lowest BCUT2D eigenvalue weighted by molar-refractivity contribution is 0.0233. The first-order valence-electron chi connectivity index (χ1n) is 3.35. The highest BCUT2D eigenvalue weighted by atomic mass is 32.2. The van der Waals surface area contributed by atoms with Crippen LogP contribution in [0.2, 0.25) is 0 Å². The van der Waals surface area contributed by atoms with Crippen LogP contribution in [0.5, 0.6) is 5.75 Å². The molecule has 1 unspecified atom stereocenters. The lowest BCUT2D eigenvalue weighted by Crippen LogP contribution is -2.08. The Morgan fingerprint density at radius 2 is 2.27 bits per heavy atom. The van der Waals surface area contributed by atoms with Crippen LogP contribution < -0.4 is 4.74 Å². The fourth-order valence-corrected chi connectivity index (χ4v) is 1.82. The molecule has 0 N–H and O–H groups in total. The predicted molar refractivity (Wildman–Crippen MR) is 43.7 cm³/mol. The summed E-state index contributed by atoms with van der Waals surface area (Å²) >= 11 is 1.59. The molecule has 0 aromatic heterocycles. The highest BCUT2D eigenvalue weighted by Gasteiger charge is 2.21. The number of hydrogen-bond acceptors (Lipinski definition) is 3. The van der Waals surface area contributed by atoms with E-state index >= 15 is 0 Å². The molecule has 0 bridgehead atoms. The second-order valence-electron chi connectivity index (χ2n) is 2.21. The van der Waals surface area contributed by atoms with E-state index in [0.29, 0.717) is 0 Å². The molecular formula is C8H8O2S. The van der Waals surface area contributed by atoms with Crippen LogP contribution in [0.3, 0.4) is 0 Å². The van der Waals surface area contributed by atoms with Crippen LogP contribution >= 0.6 is 11.8 Å². The standard InChI is InChI=1S/C8H8O2S/c1-9-8-10-6-4-2-3-5-7(6)11-8/h2-5,8H,1H3. The van der Waals surface area contributed by atoms with Crippen LogP contribution in [0.1, 0.15) is 0 Å². The van der Waals surface area contributed by atoms with Crippen molar-refractivity contribution in [2.45, 2.75) is 10.5 Å². The first kappa shape index (κ1) is 7.00. The number of ether oxygens (including phenoxy) is 2. The van der Waals surface area contributed by atoms with Crippen LogP contribution in [0.15, 0.2) is 29.2 Å². The van der Waals surface area contributed by atoms with E-state index in [0.717, 1.165) is 10.6 Å². The molecule has 1 heterocycles. The van der Waals surface area contributed by atoms with Crippen molar-refractivity contribution in [3.63, 3.8) is 0 Å². The van der Waals surface area contributed by atoms with Crippen molar-refractivity contribution >= 4 is 11.8 Å². The maximum Gasteiger partial charge on any atom is 0.254 e. The molecule has 58 valence electrons. The molecule has 3 heteroatoms. The molecule has 1 atom stereocenters. The lowest BCUT2D eigenvalue weighted by atomic mass is 10.3. The van der Waals surface area contributed by atoms with Gasteiger partial charge in [0.2, 0.25) is 0 Å². The molecule has 1 aromatic rings. The van der Waals surface area contributed by atoms with Gasteiger partial charge in [0.1, 0.15) is 5.75 Å². The van der Waals surface area contributed by atoms with E-state index < -0.39 is 0 Å². The van der Waals surface area contributed by atoms with Gasteiger partial charge in [0, 0.05) is 7.11 Å². The first-order valence-corrected chi connectivity index (χ1v) is 4.23. The molecule has 1 aromatic carbocycles. The van der Waals surface area contributed by atoms with Gasteiger partial charge in [-0.05, 0) is 23.9 Å². The molecule has 1 aliphatic rings. The minimum atomic E-state index is -0.160. The molecule has 0 fully saturated rings. The Balaban J connectivity index is 2.27. The Bertz CT molecular complexity index is 237. The van der Waals surface area contributed by atoms with E-state index in [9.17, 15) is 0 Å². The van der Waals surface area contributed by atoms with Crippen LogP contribution in [-0.2, 0) is 4.74 Å². The third-order valence-electron chi connectivity index (χ3n) is 1.49. The van der Waals surface area contributed by atoms with Gasteiger partial charge in [-0.3, -0.25) is 0 Å². The van der Waals surface area contributed by atoms with Crippen molar-refractivity contribution in [1.29, 1.82) is 0 Å². The van der Waals surface area contributed by atoms with Crippen molar-refractivity contribution < 1.29 is 9.47 Å². The van der Waals surface area contributed by atoms with Gasteiger partial charge in [0.05, 0.1) is 4.90 Å². The van der Waals surface area contributed by atoms with Crippen LogP contribution in [0.25, 0.3) is 0 Å². The summed E-state index contributed by atoms with van der Waals surface area (Å²) in [5.74, 6) is 0.921. The van der Waals surface area contributed by atoms with Crippen molar-refractivity contribution in [2.75, 3.05) is 7.11 Å². The van der Waals surface area contributed by atoms with Gasteiger partial charge in [-0.15, -0.1) is 0 Å². The number of fused-ring (bicyclic) bond motifs is 1. The summed E-state index contributed by atoms with van der Waals surface area (Å²) in [7, 11) is 1.64. The van der Waals surface area contributed by atoms with E-state index in [4.69, 9.17) is 9.47 Å². The summed E-state index contributed by atoms with van der Waals surface area (Å²) in [6.07, 6.45) is 0. The van der Waals surface area contributed by atoms with E-state index in [1.54, 1.807) is 18.9 Å². The van der Waals surface area contributed by atoms with E-state index in [1.165, 1.54) is 0 Å². The Labute approximate surface area is 69.5 Å². The van der Waals surface area contributed by atoms with Gasteiger partial charge < -0.3 is 9.47 Å². The van der Waals surface area contributed by atoms with E-state index in [1.807, 2.05) is 24.3 Å². The zero-order valence-electron chi connectivity index (χ0n) is 6.11. The maximum atomic E-state index is 5.40. The van der Waals surface area contributed by atoms with E-state index in [2.05, 4.69) is 0 Å². The van der Waals surface area contributed by atoms with Crippen molar-refractivity contribution in [3.05, 3.63) is 24.3 Å². The highest BCUT2D eigenvalue weighted by molar-refractivity contribution is 8.00. The number of methoxy groups -OCH3 is 1. The number of thioether (sulfide) groups is 1. The van der Waals surface area contributed by atoms with Gasteiger partial charge in [0.15, 0.2) is 0 Å². The van der Waals surface area contributed by atoms with E-state index in [-0.39, 0.29) is 5.62 Å². The average Bonchev–Trinajstić information content (AvgIpc) is 2.46. The largest absolute Gasteiger partial charge is 0.454 e. The third kappa shape index (κ3) is 1.21. The fourth-order valence-electron chi connectivity index (χ4n) is 0.973. The third-order valence-corrected chi connectivity index (χ3v) is 2.56. The summed E-state index contributed by atoms with van der Waals surface area (Å²) < 4.78 is 10.4. The zero-order valence-corrected chi connectivity index (χ0v) is 6.93. The lowest BCUT2D eigenvalue weighted by Gasteiger charge is -2.04. The molecule has 0 amide bonds. The second kappa shape index (κ2) is 2.75. The summed E-state index contributed by atoms with van der Waals surface area (Å²) in [4.78, 5) is 1.15. The quantitative estimate of drug-likeness (QED) is 0.639. The molecule has 0 aliphatic carbocycles. The maximum absolute atomic E-state index is 5.40. The topological polar surface area (TPSA) is 18.5 Å². The van der Waals surface area contributed by atoms with Gasteiger partial charge in [-0.1, -0.05) is 12.1 Å². The predicted octanol–water partition coefficient (Wildman–Crippen LogP) is 2.10. The van der Waals surface area contributed by atoms with Crippen molar-refractivity contribution in [2.24, 2.45) is 0 Å². The van der Waals surface area contributed by atoms with Crippen LogP contribution in [0, 0.1) is 0 Å². The summed E-state index contributed by atoms with van der Waals surface area (Å²) in [5.41, 5.74) is -0.160. The first-order chi connectivity index (χ1) is 5.40. The smallest absolute Gasteiger partial charge is 0.254 e. The Morgan fingerprint density at radius 1 is 1.45 bits per heavy atom. The molecule has 2 rings (SSSR count). The Kier molecular flexibility index (Phi) is 1.75. The number of benzene rings is 1. The average molecular weight is 168 g/mol. The summed E-state index contributed by atoms with van der Waals surface area (Å²) in [6, 6.07) is 7.92. The molecule has 0 saturated carbocycles. The molecular weight excluding hydrogens is 160 g/mol.